The molecule has 6 heteroatoms. The van der Waals surface area contributed by atoms with Crippen molar-refractivity contribution >= 4 is 11.5 Å². The standard InChI is InChI=1S/C14H14N4O2/c19-18(20)13-4-2-1-3-11(13)10-17(12-5-6-12)14-9-15-7-8-16-14/h1-4,7-9,12H,5-6,10H2. The molecule has 0 atom stereocenters. The van der Waals surface area contributed by atoms with E-state index in [4.69, 9.17) is 0 Å². The molecule has 0 bridgehead atoms. The number of hydrogen-bond donors (Lipinski definition) is 0. The van der Waals surface area contributed by atoms with E-state index in [1.165, 1.54) is 6.07 Å². The van der Waals surface area contributed by atoms with Crippen molar-refractivity contribution in [3.8, 4) is 0 Å². The van der Waals surface area contributed by atoms with E-state index < -0.39 is 0 Å². The Balaban J connectivity index is 1.90. The van der Waals surface area contributed by atoms with Crippen LogP contribution in [0.4, 0.5) is 11.5 Å². The molecule has 0 amide bonds. The number of anilines is 1. The summed E-state index contributed by atoms with van der Waals surface area (Å²) in [5.74, 6) is 0.771. The summed E-state index contributed by atoms with van der Waals surface area (Å²) < 4.78 is 0. The fourth-order valence-electron chi connectivity index (χ4n) is 2.23. The Bertz CT molecular complexity index is 614. The first kappa shape index (κ1) is 12.5. The van der Waals surface area contributed by atoms with E-state index in [-0.39, 0.29) is 10.6 Å². The van der Waals surface area contributed by atoms with Gasteiger partial charge in [0.25, 0.3) is 5.69 Å². The van der Waals surface area contributed by atoms with Crippen molar-refractivity contribution in [1.82, 2.24) is 9.97 Å². The van der Waals surface area contributed by atoms with Crippen LogP contribution in [-0.2, 0) is 6.54 Å². The predicted molar refractivity (Wildman–Crippen MR) is 74.3 cm³/mol. The highest BCUT2D eigenvalue weighted by Crippen LogP contribution is 2.33. The zero-order chi connectivity index (χ0) is 13.9. The first-order valence-corrected chi connectivity index (χ1v) is 6.50. The second kappa shape index (κ2) is 5.24. The molecule has 0 radical (unpaired) electrons. The SMILES string of the molecule is O=[N+]([O-])c1ccccc1CN(c1cnccn1)C1CC1. The average molecular weight is 270 g/mol. The normalized spacial score (nSPS) is 14.0. The molecule has 0 aliphatic heterocycles. The maximum Gasteiger partial charge on any atom is 0.274 e. The van der Waals surface area contributed by atoms with E-state index in [2.05, 4.69) is 14.9 Å². The summed E-state index contributed by atoms with van der Waals surface area (Å²) in [7, 11) is 0. The molecular formula is C14H14N4O2. The van der Waals surface area contributed by atoms with E-state index in [0.717, 1.165) is 18.7 Å². The van der Waals surface area contributed by atoms with Gasteiger partial charge in [-0.25, -0.2) is 4.98 Å². The lowest BCUT2D eigenvalue weighted by molar-refractivity contribution is -0.385. The molecule has 0 spiro atoms. The number of hydrogen-bond acceptors (Lipinski definition) is 5. The van der Waals surface area contributed by atoms with Crippen LogP contribution < -0.4 is 4.90 Å². The lowest BCUT2D eigenvalue weighted by atomic mass is 10.1. The van der Waals surface area contributed by atoms with Crippen molar-refractivity contribution in [2.45, 2.75) is 25.4 Å². The predicted octanol–water partition coefficient (Wildman–Crippen LogP) is 2.55. The molecule has 1 aliphatic carbocycles. The molecule has 20 heavy (non-hydrogen) atoms. The molecule has 0 unspecified atom stereocenters. The lowest BCUT2D eigenvalue weighted by Gasteiger charge is -2.22. The fraction of sp³-hybridized carbons (Fsp3) is 0.286. The van der Waals surface area contributed by atoms with Crippen molar-refractivity contribution in [2.75, 3.05) is 4.90 Å². The molecule has 1 saturated carbocycles. The van der Waals surface area contributed by atoms with E-state index >= 15 is 0 Å². The van der Waals surface area contributed by atoms with Gasteiger partial charge in [-0.1, -0.05) is 18.2 Å². The Morgan fingerprint density at radius 3 is 2.75 bits per heavy atom. The van der Waals surface area contributed by atoms with Gasteiger partial charge in [-0.05, 0) is 12.8 Å². The third-order valence-corrected chi connectivity index (χ3v) is 3.36. The monoisotopic (exact) mass is 270 g/mol. The van der Waals surface area contributed by atoms with E-state index in [1.807, 2.05) is 6.07 Å². The van der Waals surface area contributed by atoms with Gasteiger partial charge < -0.3 is 4.90 Å². The van der Waals surface area contributed by atoms with Gasteiger partial charge in [-0.15, -0.1) is 0 Å². The smallest absolute Gasteiger partial charge is 0.274 e. The van der Waals surface area contributed by atoms with Crippen molar-refractivity contribution in [2.24, 2.45) is 0 Å². The molecule has 6 nitrogen and oxygen atoms in total. The van der Waals surface area contributed by atoms with Gasteiger partial charge in [0, 0.05) is 30.1 Å². The van der Waals surface area contributed by atoms with Crippen molar-refractivity contribution in [1.29, 1.82) is 0 Å². The van der Waals surface area contributed by atoms with Gasteiger partial charge in [-0.2, -0.15) is 0 Å². The maximum atomic E-state index is 11.1. The van der Waals surface area contributed by atoms with Crippen LogP contribution in [0.15, 0.2) is 42.9 Å². The molecule has 102 valence electrons. The number of aromatic nitrogens is 2. The van der Waals surface area contributed by atoms with Gasteiger partial charge in [0.05, 0.1) is 17.7 Å². The van der Waals surface area contributed by atoms with Gasteiger partial charge in [0.2, 0.25) is 0 Å². The topological polar surface area (TPSA) is 72.2 Å². The Morgan fingerprint density at radius 2 is 2.10 bits per heavy atom. The van der Waals surface area contributed by atoms with Gasteiger partial charge in [-0.3, -0.25) is 15.1 Å². The van der Waals surface area contributed by atoms with Crippen molar-refractivity contribution in [3.63, 3.8) is 0 Å². The maximum absolute atomic E-state index is 11.1. The minimum Gasteiger partial charge on any atom is -0.348 e. The quantitative estimate of drug-likeness (QED) is 0.616. The minimum atomic E-state index is -0.336. The zero-order valence-electron chi connectivity index (χ0n) is 10.8. The summed E-state index contributed by atoms with van der Waals surface area (Å²) in [6.45, 7) is 0.487. The lowest BCUT2D eigenvalue weighted by Crippen LogP contribution is -2.26. The molecular weight excluding hydrogens is 256 g/mol. The summed E-state index contributed by atoms with van der Waals surface area (Å²) >= 11 is 0. The molecule has 1 fully saturated rings. The number of nitro groups is 1. The van der Waals surface area contributed by atoms with Crippen LogP contribution in [0.3, 0.4) is 0 Å². The summed E-state index contributed by atoms with van der Waals surface area (Å²) in [5, 5.41) is 11.1. The van der Waals surface area contributed by atoms with Crippen LogP contribution in [0.25, 0.3) is 0 Å². The third kappa shape index (κ3) is 2.59. The number of nitro benzene ring substituents is 1. The number of benzene rings is 1. The molecule has 1 heterocycles. The third-order valence-electron chi connectivity index (χ3n) is 3.36. The highest BCUT2D eigenvalue weighted by Gasteiger charge is 2.31. The van der Waals surface area contributed by atoms with Gasteiger partial charge >= 0.3 is 0 Å². The Labute approximate surface area is 116 Å². The first-order valence-electron chi connectivity index (χ1n) is 6.50. The molecule has 1 aromatic carbocycles. The summed E-state index contributed by atoms with van der Waals surface area (Å²) in [6.07, 6.45) is 7.16. The molecule has 1 aromatic heterocycles. The second-order valence-electron chi connectivity index (χ2n) is 4.81. The first-order chi connectivity index (χ1) is 9.75. The number of nitrogens with zero attached hydrogens (tertiary/aromatic N) is 4. The summed E-state index contributed by atoms with van der Waals surface area (Å²) in [5.41, 5.74) is 0.858. The van der Waals surface area contributed by atoms with Gasteiger partial charge in [0.1, 0.15) is 5.82 Å². The Morgan fingerprint density at radius 1 is 1.30 bits per heavy atom. The fourth-order valence-corrected chi connectivity index (χ4v) is 2.23. The average Bonchev–Trinajstić information content (AvgIpc) is 3.30. The highest BCUT2D eigenvalue weighted by molar-refractivity contribution is 5.46. The second-order valence-corrected chi connectivity index (χ2v) is 4.81. The van der Waals surface area contributed by atoms with Crippen molar-refractivity contribution in [3.05, 3.63) is 58.5 Å². The van der Waals surface area contributed by atoms with Crippen molar-refractivity contribution < 1.29 is 4.92 Å². The Hall–Kier alpha value is -2.50. The highest BCUT2D eigenvalue weighted by atomic mass is 16.6. The molecule has 0 N–H and O–H groups in total. The van der Waals surface area contributed by atoms with Crippen LogP contribution in [0, 0.1) is 10.1 Å². The van der Waals surface area contributed by atoms with E-state index in [9.17, 15) is 10.1 Å². The van der Waals surface area contributed by atoms with Gasteiger partial charge in [0.15, 0.2) is 0 Å². The van der Waals surface area contributed by atoms with Crippen LogP contribution >= 0.6 is 0 Å². The van der Waals surface area contributed by atoms with Crippen LogP contribution in [-0.4, -0.2) is 20.9 Å². The van der Waals surface area contributed by atoms with Crippen LogP contribution in [0.5, 0.6) is 0 Å². The molecule has 3 rings (SSSR count). The van der Waals surface area contributed by atoms with E-state index in [1.54, 1.807) is 30.7 Å². The largest absolute Gasteiger partial charge is 0.348 e. The zero-order valence-corrected chi connectivity index (χ0v) is 10.8. The molecule has 0 saturated heterocycles. The van der Waals surface area contributed by atoms with Crippen LogP contribution in [0.2, 0.25) is 0 Å². The number of para-hydroxylation sites is 1. The number of rotatable bonds is 5. The summed E-state index contributed by atoms with van der Waals surface area (Å²) in [4.78, 5) is 21.2. The molecule has 2 aromatic rings. The Kier molecular flexibility index (Phi) is 3.28. The minimum absolute atomic E-state index is 0.155. The molecule has 1 aliphatic rings. The van der Waals surface area contributed by atoms with Crippen LogP contribution in [0.1, 0.15) is 18.4 Å². The van der Waals surface area contributed by atoms with E-state index in [0.29, 0.717) is 18.2 Å². The summed E-state index contributed by atoms with van der Waals surface area (Å²) in [6, 6.07) is 7.25.